The molecule has 6 heteroatoms. The topological polar surface area (TPSA) is 72.6 Å². The lowest BCUT2D eigenvalue weighted by molar-refractivity contribution is 0.107. The lowest BCUT2D eigenvalue weighted by Crippen LogP contribution is -2.35. The molecular formula is C9H20N2O3S. The Bertz CT molecular complexity index is 279. The Balaban J connectivity index is 2.21. The van der Waals surface area contributed by atoms with Crippen molar-refractivity contribution in [1.29, 1.82) is 0 Å². The van der Waals surface area contributed by atoms with Gasteiger partial charge in [0.05, 0.1) is 24.7 Å². The van der Waals surface area contributed by atoms with Crippen LogP contribution in [0.3, 0.4) is 0 Å². The van der Waals surface area contributed by atoms with Crippen molar-refractivity contribution in [3.05, 3.63) is 0 Å². The van der Waals surface area contributed by atoms with E-state index in [9.17, 15) is 8.42 Å². The predicted octanol–water partition coefficient (Wildman–Crippen LogP) is -0.919. The van der Waals surface area contributed by atoms with E-state index in [2.05, 4.69) is 4.90 Å². The van der Waals surface area contributed by atoms with Crippen LogP contribution in [0.15, 0.2) is 0 Å². The lowest BCUT2D eigenvalue weighted by Gasteiger charge is -2.22. The first-order valence-corrected chi connectivity index (χ1v) is 7.06. The third-order valence-electron chi connectivity index (χ3n) is 2.68. The molecule has 0 spiro atoms. The highest BCUT2D eigenvalue weighted by atomic mass is 32.2. The van der Waals surface area contributed by atoms with E-state index in [1.165, 1.54) is 0 Å². The van der Waals surface area contributed by atoms with E-state index in [4.69, 9.17) is 10.5 Å². The molecule has 90 valence electrons. The number of nitrogens with zero attached hydrogens (tertiary/aromatic N) is 1. The number of likely N-dealkylation sites (N-methyl/N-ethyl adjacent to an activating group) is 1. The van der Waals surface area contributed by atoms with Crippen molar-refractivity contribution in [3.8, 4) is 0 Å². The van der Waals surface area contributed by atoms with Crippen molar-refractivity contribution in [2.75, 3.05) is 44.9 Å². The molecule has 0 aromatic rings. The highest BCUT2D eigenvalue weighted by molar-refractivity contribution is 7.91. The molecule has 1 aliphatic rings. The zero-order valence-corrected chi connectivity index (χ0v) is 10.0. The summed E-state index contributed by atoms with van der Waals surface area (Å²) in [6.45, 7) is 2.47. The first-order valence-electron chi connectivity index (χ1n) is 5.23. The van der Waals surface area contributed by atoms with Crippen molar-refractivity contribution in [1.82, 2.24) is 4.90 Å². The fourth-order valence-electron chi connectivity index (χ4n) is 1.70. The summed E-state index contributed by atoms with van der Waals surface area (Å²) in [5.74, 6) is 0.617. The minimum Gasteiger partial charge on any atom is -0.379 e. The molecule has 2 N–H and O–H groups in total. The van der Waals surface area contributed by atoms with Crippen LogP contribution in [0.1, 0.15) is 6.42 Å². The van der Waals surface area contributed by atoms with Gasteiger partial charge in [-0.2, -0.15) is 0 Å². The van der Waals surface area contributed by atoms with Crippen LogP contribution in [-0.2, 0) is 14.6 Å². The second kappa shape index (κ2) is 5.79. The highest BCUT2D eigenvalue weighted by Crippen LogP contribution is 2.15. The maximum atomic E-state index is 11.2. The molecule has 0 saturated carbocycles. The monoisotopic (exact) mass is 236 g/mol. The predicted molar refractivity (Wildman–Crippen MR) is 59.6 cm³/mol. The van der Waals surface area contributed by atoms with Crippen LogP contribution in [0.25, 0.3) is 0 Å². The summed E-state index contributed by atoms with van der Waals surface area (Å²) in [6, 6.07) is 0.163. The standard InChI is InChI=1S/C9H20N2O3S/c1-11(4-6-14-5-3-10)9-2-7-15(12,13)8-9/h9H,2-8,10H2,1H3. The molecule has 1 saturated heterocycles. The Labute approximate surface area is 91.5 Å². The third kappa shape index (κ3) is 4.46. The normalized spacial score (nSPS) is 24.9. The minimum absolute atomic E-state index is 0.163. The number of nitrogens with two attached hydrogens (primary N) is 1. The molecule has 1 heterocycles. The third-order valence-corrected chi connectivity index (χ3v) is 4.43. The molecule has 1 unspecified atom stereocenters. The lowest BCUT2D eigenvalue weighted by atomic mass is 10.2. The van der Waals surface area contributed by atoms with Gasteiger partial charge in [-0.3, -0.25) is 0 Å². The fourth-order valence-corrected chi connectivity index (χ4v) is 3.50. The Hall–Kier alpha value is -0.170. The van der Waals surface area contributed by atoms with Crippen molar-refractivity contribution in [2.24, 2.45) is 5.73 Å². The first kappa shape index (κ1) is 12.9. The van der Waals surface area contributed by atoms with Crippen LogP contribution >= 0.6 is 0 Å². The summed E-state index contributed by atoms with van der Waals surface area (Å²) in [7, 11) is -0.836. The van der Waals surface area contributed by atoms with Crippen molar-refractivity contribution < 1.29 is 13.2 Å². The maximum absolute atomic E-state index is 11.2. The van der Waals surface area contributed by atoms with Crippen molar-refractivity contribution >= 4 is 9.84 Å². The van der Waals surface area contributed by atoms with E-state index >= 15 is 0 Å². The van der Waals surface area contributed by atoms with E-state index < -0.39 is 9.84 Å². The average molecular weight is 236 g/mol. The van der Waals surface area contributed by atoms with E-state index in [1.807, 2.05) is 7.05 Å². The first-order chi connectivity index (χ1) is 7.05. The Morgan fingerprint density at radius 3 is 2.73 bits per heavy atom. The number of rotatable bonds is 6. The molecular weight excluding hydrogens is 216 g/mol. The van der Waals surface area contributed by atoms with Gasteiger partial charge in [-0.1, -0.05) is 0 Å². The SMILES string of the molecule is CN(CCOCCN)C1CCS(=O)(=O)C1. The molecule has 5 nitrogen and oxygen atoms in total. The zero-order chi connectivity index (χ0) is 11.3. The van der Waals surface area contributed by atoms with Crippen LogP contribution in [0.2, 0.25) is 0 Å². The molecule has 0 radical (unpaired) electrons. The zero-order valence-electron chi connectivity index (χ0n) is 9.18. The number of sulfone groups is 1. The van der Waals surface area contributed by atoms with Gasteiger partial charge in [0.25, 0.3) is 0 Å². The quantitative estimate of drug-likeness (QED) is 0.604. The Morgan fingerprint density at radius 2 is 2.20 bits per heavy atom. The summed E-state index contributed by atoms with van der Waals surface area (Å²) in [4.78, 5) is 2.06. The molecule has 15 heavy (non-hydrogen) atoms. The summed E-state index contributed by atoms with van der Waals surface area (Å²) < 4.78 is 27.7. The molecule has 0 aliphatic carbocycles. The summed E-state index contributed by atoms with van der Waals surface area (Å²) in [6.07, 6.45) is 0.746. The van der Waals surface area contributed by atoms with Crippen LogP contribution in [-0.4, -0.2) is 64.2 Å². The largest absolute Gasteiger partial charge is 0.379 e. The van der Waals surface area contributed by atoms with Gasteiger partial charge >= 0.3 is 0 Å². The number of hydrogen-bond acceptors (Lipinski definition) is 5. The van der Waals surface area contributed by atoms with Crippen LogP contribution in [0.4, 0.5) is 0 Å². The van der Waals surface area contributed by atoms with Crippen LogP contribution < -0.4 is 5.73 Å². The molecule has 1 rings (SSSR count). The van der Waals surface area contributed by atoms with E-state index in [-0.39, 0.29) is 6.04 Å². The van der Waals surface area contributed by atoms with Gasteiger partial charge in [-0.15, -0.1) is 0 Å². The summed E-state index contributed by atoms with van der Waals surface area (Å²) >= 11 is 0. The average Bonchev–Trinajstić information content (AvgIpc) is 2.53. The summed E-state index contributed by atoms with van der Waals surface area (Å²) in [5.41, 5.74) is 5.29. The second-order valence-electron chi connectivity index (χ2n) is 3.94. The number of ether oxygens (including phenoxy) is 1. The highest BCUT2D eigenvalue weighted by Gasteiger charge is 2.30. The Kier molecular flexibility index (Phi) is 4.98. The minimum atomic E-state index is -2.78. The van der Waals surface area contributed by atoms with Crippen LogP contribution in [0.5, 0.6) is 0 Å². The van der Waals surface area contributed by atoms with Gasteiger partial charge in [0, 0.05) is 19.1 Å². The maximum Gasteiger partial charge on any atom is 0.151 e. The van der Waals surface area contributed by atoms with Crippen molar-refractivity contribution in [2.45, 2.75) is 12.5 Å². The van der Waals surface area contributed by atoms with Gasteiger partial charge in [0.2, 0.25) is 0 Å². The van der Waals surface area contributed by atoms with Gasteiger partial charge < -0.3 is 15.4 Å². The fraction of sp³-hybridized carbons (Fsp3) is 1.00. The van der Waals surface area contributed by atoms with Crippen molar-refractivity contribution in [3.63, 3.8) is 0 Å². The van der Waals surface area contributed by atoms with E-state index in [1.54, 1.807) is 0 Å². The van der Waals surface area contributed by atoms with Gasteiger partial charge in [-0.25, -0.2) is 8.42 Å². The number of hydrogen-bond donors (Lipinski definition) is 1. The van der Waals surface area contributed by atoms with E-state index in [0.717, 1.165) is 13.0 Å². The molecule has 1 aliphatic heterocycles. The van der Waals surface area contributed by atoms with Gasteiger partial charge in [0.1, 0.15) is 0 Å². The summed E-state index contributed by atoms with van der Waals surface area (Å²) in [5, 5.41) is 0. The smallest absolute Gasteiger partial charge is 0.151 e. The molecule has 0 amide bonds. The Morgan fingerprint density at radius 1 is 1.47 bits per heavy atom. The molecule has 0 bridgehead atoms. The second-order valence-corrected chi connectivity index (χ2v) is 6.17. The molecule has 0 aromatic carbocycles. The van der Waals surface area contributed by atoms with Gasteiger partial charge in [-0.05, 0) is 13.5 Å². The van der Waals surface area contributed by atoms with E-state index in [0.29, 0.717) is 31.3 Å². The van der Waals surface area contributed by atoms with Gasteiger partial charge in [0.15, 0.2) is 9.84 Å². The van der Waals surface area contributed by atoms with Crippen LogP contribution in [0, 0.1) is 0 Å². The molecule has 1 atom stereocenters. The molecule has 1 fully saturated rings. The molecule has 0 aromatic heterocycles.